The van der Waals surface area contributed by atoms with Crippen LogP contribution < -0.4 is 0 Å². The number of benzene rings is 1. The molecule has 0 unspecified atom stereocenters. The zero-order valence-corrected chi connectivity index (χ0v) is 17.2. The molecule has 1 atom stereocenters. The first-order chi connectivity index (χ1) is 12.1. The van der Waals surface area contributed by atoms with Crippen LogP contribution >= 0.6 is 7.60 Å². The minimum Gasteiger partial charge on any atom is -0.304 e. The Balaban J connectivity index is 3.35. The third-order valence-electron chi connectivity index (χ3n) is 4.15. The summed E-state index contributed by atoms with van der Waals surface area (Å²) >= 11 is 0. The maximum Gasteiger partial charge on any atom is 0.407 e. The average Bonchev–Trinajstić information content (AvgIpc) is 2.55. The van der Waals surface area contributed by atoms with Crippen LogP contribution in [0.3, 0.4) is 0 Å². The van der Waals surface area contributed by atoms with Crippen molar-refractivity contribution in [1.29, 1.82) is 0 Å². The normalized spacial score (nSPS) is 15.0. The Hall–Kier alpha value is -1.28. The lowest BCUT2D eigenvalue weighted by Crippen LogP contribution is -2.46. The minimum atomic E-state index is -4.21. The molecule has 1 rings (SSSR count). The maximum absolute atomic E-state index is 13.3. The van der Waals surface area contributed by atoms with Crippen molar-refractivity contribution in [1.82, 2.24) is 0 Å². The quantitative estimate of drug-likeness (QED) is 0.312. The van der Waals surface area contributed by atoms with Crippen molar-refractivity contribution in [3.8, 4) is 0 Å². The molecule has 8 nitrogen and oxygen atoms in total. The van der Waals surface area contributed by atoms with Gasteiger partial charge in [-0.25, -0.2) is 8.42 Å². The van der Waals surface area contributed by atoms with Crippen molar-refractivity contribution in [2.24, 2.45) is 5.92 Å². The summed E-state index contributed by atoms with van der Waals surface area (Å²) in [5.41, 5.74) is 0. The molecule has 0 saturated carbocycles. The lowest BCUT2D eigenvalue weighted by atomic mass is 10.0. The third kappa shape index (κ3) is 4.52. The SMILES string of the molecule is CCOP(=O)(OCC)[C@@](CCS(=O)(=O)c1ccccc1)(C(C)C)[N+](=O)[O-]. The fourth-order valence-corrected chi connectivity index (χ4v) is 6.73. The molecule has 0 fully saturated rings. The Morgan fingerprint density at radius 1 is 1.15 bits per heavy atom. The van der Waals surface area contributed by atoms with Crippen LogP contribution in [0.1, 0.15) is 34.1 Å². The van der Waals surface area contributed by atoms with Crippen molar-refractivity contribution in [3.05, 3.63) is 40.4 Å². The topological polar surface area (TPSA) is 113 Å². The summed E-state index contributed by atoms with van der Waals surface area (Å²) in [4.78, 5) is 11.3. The summed E-state index contributed by atoms with van der Waals surface area (Å²) in [6.45, 7) is 6.04. The number of hydrogen-bond acceptors (Lipinski definition) is 7. The van der Waals surface area contributed by atoms with Crippen LogP contribution in [0, 0.1) is 16.0 Å². The smallest absolute Gasteiger partial charge is 0.304 e. The molecule has 0 bridgehead atoms. The lowest BCUT2D eigenvalue weighted by Gasteiger charge is -2.34. The molecule has 1 aromatic rings. The van der Waals surface area contributed by atoms with Gasteiger partial charge in [-0.1, -0.05) is 32.0 Å². The van der Waals surface area contributed by atoms with Gasteiger partial charge >= 0.3 is 12.9 Å². The van der Waals surface area contributed by atoms with Gasteiger partial charge in [0, 0.05) is 17.3 Å². The van der Waals surface area contributed by atoms with Gasteiger partial charge in [-0.3, -0.25) is 14.7 Å². The fraction of sp³-hybridized carbons (Fsp3) is 0.625. The predicted molar refractivity (Wildman–Crippen MR) is 98.5 cm³/mol. The van der Waals surface area contributed by atoms with Crippen molar-refractivity contribution >= 4 is 17.4 Å². The summed E-state index contributed by atoms with van der Waals surface area (Å²) in [5, 5.41) is 9.84. The Kier molecular flexibility index (Phi) is 7.95. The van der Waals surface area contributed by atoms with Gasteiger partial charge in [0.1, 0.15) is 0 Å². The van der Waals surface area contributed by atoms with Crippen molar-refractivity contribution in [2.45, 2.75) is 44.3 Å². The van der Waals surface area contributed by atoms with Crippen LogP contribution in [0.2, 0.25) is 0 Å². The molecule has 0 heterocycles. The van der Waals surface area contributed by atoms with E-state index >= 15 is 0 Å². The van der Waals surface area contributed by atoms with Gasteiger partial charge < -0.3 is 9.05 Å². The summed E-state index contributed by atoms with van der Waals surface area (Å²) in [7, 11) is -8.00. The van der Waals surface area contributed by atoms with E-state index in [1.165, 1.54) is 26.0 Å². The zero-order chi connectivity index (χ0) is 20.0. The van der Waals surface area contributed by atoms with E-state index in [4.69, 9.17) is 9.05 Å². The monoisotopic (exact) mass is 407 g/mol. The van der Waals surface area contributed by atoms with E-state index in [9.17, 15) is 23.1 Å². The average molecular weight is 407 g/mol. The van der Waals surface area contributed by atoms with Gasteiger partial charge in [0.05, 0.1) is 23.9 Å². The van der Waals surface area contributed by atoms with E-state index < -0.39 is 45.7 Å². The van der Waals surface area contributed by atoms with Gasteiger partial charge in [-0.15, -0.1) is 0 Å². The van der Waals surface area contributed by atoms with E-state index in [1.54, 1.807) is 32.0 Å². The molecule has 0 spiro atoms. The molecule has 26 heavy (non-hydrogen) atoms. The molecule has 1 aromatic carbocycles. The first kappa shape index (κ1) is 22.8. The third-order valence-corrected chi connectivity index (χ3v) is 8.93. The van der Waals surface area contributed by atoms with Gasteiger partial charge in [0.2, 0.25) is 0 Å². The molecule has 0 saturated heterocycles. The van der Waals surface area contributed by atoms with E-state index in [-0.39, 0.29) is 18.1 Å². The van der Waals surface area contributed by atoms with Crippen LogP contribution in [0.4, 0.5) is 0 Å². The van der Waals surface area contributed by atoms with Gasteiger partial charge in [0.15, 0.2) is 9.84 Å². The second kappa shape index (κ2) is 9.08. The predicted octanol–water partition coefficient (Wildman–Crippen LogP) is 3.75. The highest BCUT2D eigenvalue weighted by Gasteiger charge is 2.64. The van der Waals surface area contributed by atoms with Gasteiger partial charge in [-0.2, -0.15) is 0 Å². The number of sulfone groups is 1. The van der Waals surface area contributed by atoms with E-state index in [0.717, 1.165) is 0 Å². The summed E-state index contributed by atoms with van der Waals surface area (Å²) in [6.07, 6.45) is -0.480. The second-order valence-electron chi connectivity index (χ2n) is 6.01. The Bertz CT molecular complexity index is 741. The Morgan fingerprint density at radius 2 is 1.65 bits per heavy atom. The van der Waals surface area contributed by atoms with Gasteiger partial charge in [-0.05, 0) is 26.0 Å². The standard InChI is InChI=1S/C16H26NO7PS/c1-5-23-25(20,24-6-2)16(14(3)4,17(18)19)12-13-26(21,22)15-10-8-7-9-11-15/h7-11,14H,5-6,12-13H2,1-4H3/t16-/m0/s1. The fourth-order valence-electron chi connectivity index (χ4n) is 2.77. The van der Waals surface area contributed by atoms with Crippen molar-refractivity contribution in [2.75, 3.05) is 19.0 Å². The van der Waals surface area contributed by atoms with E-state index in [2.05, 4.69) is 0 Å². The molecule has 0 aliphatic heterocycles. The van der Waals surface area contributed by atoms with Crippen LogP contribution in [0.5, 0.6) is 0 Å². The summed E-state index contributed by atoms with van der Waals surface area (Å²) in [5.74, 6) is -1.31. The first-order valence-electron chi connectivity index (χ1n) is 8.39. The zero-order valence-electron chi connectivity index (χ0n) is 15.5. The lowest BCUT2D eigenvalue weighted by molar-refractivity contribution is -0.554. The number of nitro groups is 1. The molecule has 0 aliphatic rings. The molecule has 0 aliphatic carbocycles. The van der Waals surface area contributed by atoms with E-state index in [0.29, 0.717) is 0 Å². The second-order valence-corrected chi connectivity index (χ2v) is 10.4. The highest BCUT2D eigenvalue weighted by Crippen LogP contribution is 2.64. The highest BCUT2D eigenvalue weighted by atomic mass is 32.2. The summed E-state index contributed by atoms with van der Waals surface area (Å²) in [6, 6.07) is 7.65. The number of hydrogen-bond donors (Lipinski definition) is 0. The van der Waals surface area contributed by atoms with Crippen LogP contribution in [0.25, 0.3) is 0 Å². The molecule has 148 valence electrons. The Morgan fingerprint density at radius 3 is 2.04 bits per heavy atom. The number of nitrogens with zero attached hydrogens (tertiary/aromatic N) is 1. The highest BCUT2D eigenvalue weighted by molar-refractivity contribution is 7.91. The molecular formula is C16H26NO7PS. The molecule has 0 amide bonds. The van der Waals surface area contributed by atoms with Crippen molar-refractivity contribution in [3.63, 3.8) is 0 Å². The van der Waals surface area contributed by atoms with Crippen LogP contribution in [0.15, 0.2) is 35.2 Å². The van der Waals surface area contributed by atoms with E-state index in [1.807, 2.05) is 0 Å². The first-order valence-corrected chi connectivity index (χ1v) is 11.6. The molecule has 10 heteroatoms. The molecule has 0 radical (unpaired) electrons. The van der Waals surface area contributed by atoms with Crippen LogP contribution in [-0.2, 0) is 23.4 Å². The number of rotatable bonds is 11. The van der Waals surface area contributed by atoms with Crippen molar-refractivity contribution < 1.29 is 27.0 Å². The summed E-state index contributed by atoms with van der Waals surface area (Å²) < 4.78 is 48.9. The molecular weight excluding hydrogens is 381 g/mol. The largest absolute Gasteiger partial charge is 0.407 e. The van der Waals surface area contributed by atoms with Gasteiger partial charge in [0.25, 0.3) is 0 Å². The van der Waals surface area contributed by atoms with Crippen LogP contribution in [-0.4, -0.2) is 37.6 Å². The Labute approximate surface area is 154 Å². The maximum atomic E-state index is 13.3. The minimum absolute atomic E-state index is 0.0506. The molecule has 0 N–H and O–H groups in total. The molecule has 0 aromatic heterocycles.